The van der Waals surface area contributed by atoms with Gasteiger partial charge < -0.3 is 4.90 Å². The monoisotopic (exact) mass is 332 g/mol. The first-order valence-corrected chi connectivity index (χ1v) is 9.04. The number of fused-ring (bicyclic) bond motifs is 2. The minimum Gasteiger partial charge on any atom is -0.346 e. The van der Waals surface area contributed by atoms with Gasteiger partial charge >= 0.3 is 0 Å². The summed E-state index contributed by atoms with van der Waals surface area (Å²) in [5.74, 6) is 0.954. The van der Waals surface area contributed by atoms with Gasteiger partial charge in [0.2, 0.25) is 0 Å². The average Bonchev–Trinajstić information content (AvgIpc) is 3.27. The Morgan fingerprint density at radius 1 is 0.917 bits per heavy atom. The molecular weight excluding hydrogens is 316 g/mol. The summed E-state index contributed by atoms with van der Waals surface area (Å²) in [6.45, 7) is 1.01. The van der Waals surface area contributed by atoms with Crippen molar-refractivity contribution in [2.75, 3.05) is 11.4 Å². The van der Waals surface area contributed by atoms with Gasteiger partial charge in [-0.15, -0.1) is 11.3 Å². The third-order valence-electron chi connectivity index (χ3n) is 4.58. The molecule has 0 aliphatic carbocycles. The molecule has 3 heterocycles. The predicted octanol–water partition coefficient (Wildman–Crippen LogP) is 4.58. The largest absolute Gasteiger partial charge is 0.346 e. The first-order valence-electron chi connectivity index (χ1n) is 8.22. The summed E-state index contributed by atoms with van der Waals surface area (Å²) in [6.07, 6.45) is 4.18. The Hall–Kier alpha value is -2.53. The number of benzene rings is 2. The van der Waals surface area contributed by atoms with Crippen LogP contribution in [0.5, 0.6) is 0 Å². The van der Waals surface area contributed by atoms with E-state index in [1.807, 2.05) is 36.5 Å². The summed E-state index contributed by atoms with van der Waals surface area (Å²) in [4.78, 5) is 16.6. The SMILES string of the molecule is c1ccc2nc(N3CCCC3c3nc4ccccc4s3)cnc2c1. The number of hydrogen-bond donors (Lipinski definition) is 0. The van der Waals surface area contributed by atoms with E-state index in [9.17, 15) is 0 Å². The van der Waals surface area contributed by atoms with Crippen molar-refractivity contribution in [1.82, 2.24) is 15.0 Å². The Labute approximate surface area is 143 Å². The fraction of sp³-hybridized carbons (Fsp3) is 0.211. The number of aromatic nitrogens is 3. The van der Waals surface area contributed by atoms with Gasteiger partial charge in [-0.1, -0.05) is 24.3 Å². The van der Waals surface area contributed by atoms with Crippen molar-refractivity contribution < 1.29 is 0 Å². The van der Waals surface area contributed by atoms with Gasteiger partial charge in [0.15, 0.2) is 0 Å². The van der Waals surface area contributed by atoms with Crippen LogP contribution >= 0.6 is 11.3 Å². The predicted molar refractivity (Wildman–Crippen MR) is 98.5 cm³/mol. The molecule has 4 nitrogen and oxygen atoms in total. The lowest BCUT2D eigenvalue weighted by Gasteiger charge is -2.23. The van der Waals surface area contributed by atoms with Gasteiger partial charge in [-0.2, -0.15) is 0 Å². The van der Waals surface area contributed by atoms with Gasteiger partial charge in [0.1, 0.15) is 10.8 Å². The van der Waals surface area contributed by atoms with Crippen molar-refractivity contribution in [2.24, 2.45) is 0 Å². The molecule has 1 aliphatic heterocycles. The maximum Gasteiger partial charge on any atom is 0.148 e. The summed E-state index contributed by atoms with van der Waals surface area (Å²) in [5, 5.41) is 1.18. The maximum atomic E-state index is 4.86. The second-order valence-corrected chi connectivity index (χ2v) is 7.15. The van der Waals surface area contributed by atoms with Crippen molar-refractivity contribution in [3.63, 3.8) is 0 Å². The molecule has 118 valence electrons. The first-order chi connectivity index (χ1) is 11.9. The third kappa shape index (κ3) is 2.24. The highest BCUT2D eigenvalue weighted by atomic mass is 32.1. The molecule has 1 aliphatic rings. The van der Waals surface area contributed by atoms with Crippen LogP contribution in [0.25, 0.3) is 21.3 Å². The Bertz CT molecular complexity index is 993. The Balaban J connectivity index is 1.56. The van der Waals surface area contributed by atoms with E-state index in [2.05, 4.69) is 28.1 Å². The maximum absolute atomic E-state index is 4.86. The molecule has 2 aromatic heterocycles. The van der Waals surface area contributed by atoms with E-state index in [1.165, 1.54) is 9.71 Å². The van der Waals surface area contributed by atoms with E-state index in [4.69, 9.17) is 9.97 Å². The van der Waals surface area contributed by atoms with Crippen LogP contribution in [0.1, 0.15) is 23.9 Å². The molecule has 0 bridgehead atoms. The summed E-state index contributed by atoms with van der Waals surface area (Å²) in [5.41, 5.74) is 2.98. The Kier molecular flexibility index (Phi) is 3.19. The molecule has 24 heavy (non-hydrogen) atoms. The lowest BCUT2D eigenvalue weighted by molar-refractivity contribution is 0.707. The standard InChI is InChI=1S/C19H16N4S/c1-2-7-14-13(6-1)20-12-18(21-14)23-11-5-9-16(23)19-22-15-8-3-4-10-17(15)24-19/h1-4,6-8,10,12,16H,5,9,11H2. The van der Waals surface area contributed by atoms with E-state index in [-0.39, 0.29) is 0 Å². The van der Waals surface area contributed by atoms with Crippen LogP contribution in [0.15, 0.2) is 54.7 Å². The molecule has 5 rings (SSSR count). The van der Waals surface area contributed by atoms with Crippen molar-refractivity contribution >= 4 is 38.4 Å². The van der Waals surface area contributed by atoms with Crippen LogP contribution < -0.4 is 4.90 Å². The quantitative estimate of drug-likeness (QED) is 0.539. The van der Waals surface area contributed by atoms with E-state index < -0.39 is 0 Å². The first kappa shape index (κ1) is 13.9. The van der Waals surface area contributed by atoms with Crippen molar-refractivity contribution in [3.8, 4) is 0 Å². The molecule has 1 atom stereocenters. The molecule has 4 aromatic rings. The minimum atomic E-state index is 0.304. The molecule has 1 unspecified atom stereocenters. The lowest BCUT2D eigenvalue weighted by atomic mass is 10.2. The number of nitrogens with zero attached hydrogens (tertiary/aromatic N) is 4. The molecule has 1 fully saturated rings. The number of hydrogen-bond acceptors (Lipinski definition) is 5. The van der Waals surface area contributed by atoms with Gasteiger partial charge in [-0.3, -0.25) is 4.98 Å². The van der Waals surface area contributed by atoms with E-state index in [1.54, 1.807) is 11.3 Å². The zero-order valence-electron chi connectivity index (χ0n) is 13.1. The van der Waals surface area contributed by atoms with Crippen LogP contribution in [0.4, 0.5) is 5.82 Å². The summed E-state index contributed by atoms with van der Waals surface area (Å²) >= 11 is 1.80. The number of anilines is 1. The molecule has 0 N–H and O–H groups in total. The van der Waals surface area contributed by atoms with Gasteiger partial charge in [-0.25, -0.2) is 9.97 Å². The molecule has 2 aromatic carbocycles. The normalized spacial score (nSPS) is 17.8. The molecule has 1 saturated heterocycles. The lowest BCUT2D eigenvalue weighted by Crippen LogP contribution is -2.23. The molecule has 0 spiro atoms. The van der Waals surface area contributed by atoms with Crippen LogP contribution in [-0.2, 0) is 0 Å². The molecule has 0 amide bonds. The van der Waals surface area contributed by atoms with Crippen molar-refractivity contribution in [2.45, 2.75) is 18.9 Å². The number of rotatable bonds is 2. The smallest absolute Gasteiger partial charge is 0.148 e. The summed E-state index contributed by atoms with van der Waals surface area (Å²) < 4.78 is 1.25. The number of para-hydroxylation sites is 3. The van der Waals surface area contributed by atoms with Crippen LogP contribution in [-0.4, -0.2) is 21.5 Å². The fourth-order valence-electron chi connectivity index (χ4n) is 3.42. The zero-order valence-corrected chi connectivity index (χ0v) is 13.9. The summed E-state index contributed by atoms with van der Waals surface area (Å²) in [6, 6.07) is 16.7. The van der Waals surface area contributed by atoms with Crippen LogP contribution in [0.3, 0.4) is 0 Å². The van der Waals surface area contributed by atoms with Crippen LogP contribution in [0.2, 0.25) is 0 Å². The highest BCUT2D eigenvalue weighted by Crippen LogP contribution is 2.38. The van der Waals surface area contributed by atoms with E-state index in [0.717, 1.165) is 41.8 Å². The molecular formula is C19H16N4S. The molecule has 5 heteroatoms. The Morgan fingerprint density at radius 3 is 2.58 bits per heavy atom. The highest BCUT2D eigenvalue weighted by Gasteiger charge is 2.30. The van der Waals surface area contributed by atoms with Gasteiger partial charge in [0, 0.05) is 6.54 Å². The number of thiazole rings is 1. The second kappa shape index (κ2) is 5.53. The minimum absolute atomic E-state index is 0.304. The van der Waals surface area contributed by atoms with Gasteiger partial charge in [0.05, 0.1) is 33.5 Å². The van der Waals surface area contributed by atoms with E-state index in [0.29, 0.717) is 6.04 Å². The van der Waals surface area contributed by atoms with E-state index >= 15 is 0 Å². The fourth-order valence-corrected chi connectivity index (χ4v) is 4.53. The summed E-state index contributed by atoms with van der Waals surface area (Å²) in [7, 11) is 0. The van der Waals surface area contributed by atoms with Gasteiger partial charge in [0.25, 0.3) is 0 Å². The van der Waals surface area contributed by atoms with Crippen molar-refractivity contribution in [1.29, 1.82) is 0 Å². The molecule has 0 saturated carbocycles. The topological polar surface area (TPSA) is 41.9 Å². The molecule has 0 radical (unpaired) electrons. The third-order valence-corrected chi connectivity index (χ3v) is 5.72. The Morgan fingerprint density at radius 2 is 1.71 bits per heavy atom. The highest BCUT2D eigenvalue weighted by molar-refractivity contribution is 7.18. The van der Waals surface area contributed by atoms with Crippen LogP contribution in [0, 0.1) is 0 Å². The van der Waals surface area contributed by atoms with Gasteiger partial charge in [-0.05, 0) is 37.1 Å². The average molecular weight is 332 g/mol. The second-order valence-electron chi connectivity index (χ2n) is 6.09. The van der Waals surface area contributed by atoms with Crippen molar-refractivity contribution in [3.05, 3.63) is 59.7 Å². The zero-order chi connectivity index (χ0) is 15.9.